The molecule has 0 saturated carbocycles. The molecular weight excluding hydrogens is 215 g/mol. The molecule has 0 aliphatic heterocycles. The van der Waals surface area contributed by atoms with Crippen molar-refractivity contribution in [1.29, 1.82) is 0 Å². The summed E-state index contributed by atoms with van der Waals surface area (Å²) >= 11 is 0. The van der Waals surface area contributed by atoms with E-state index in [0.29, 0.717) is 6.04 Å². The van der Waals surface area contributed by atoms with Crippen LogP contribution in [0.15, 0.2) is 18.2 Å². The Bertz CT molecular complexity index is 352. The van der Waals surface area contributed by atoms with Crippen LogP contribution in [0.5, 0.6) is 0 Å². The minimum absolute atomic E-state index is 0.0828. The molecule has 0 saturated heterocycles. The maximum Gasteiger partial charge on any atom is 0.0932 e. The van der Waals surface area contributed by atoms with Crippen LogP contribution in [-0.2, 0) is 6.42 Å². The van der Waals surface area contributed by atoms with E-state index < -0.39 is 0 Å². The van der Waals surface area contributed by atoms with Gasteiger partial charge in [-0.25, -0.2) is 0 Å². The molecule has 1 unspecified atom stereocenters. The number of hydrogen-bond acceptors (Lipinski definition) is 2. The highest BCUT2D eigenvalue weighted by Crippen LogP contribution is 2.17. The summed E-state index contributed by atoms with van der Waals surface area (Å²) in [7, 11) is 0. The second-order valence-electron chi connectivity index (χ2n) is 4.90. The number of benzene rings is 1. The van der Waals surface area contributed by atoms with Crippen LogP contribution in [0.25, 0.3) is 0 Å². The van der Waals surface area contributed by atoms with Gasteiger partial charge in [0.15, 0.2) is 0 Å². The van der Waals surface area contributed by atoms with Crippen molar-refractivity contribution >= 4 is 5.69 Å². The Morgan fingerprint density at radius 1 is 1.35 bits per heavy atom. The van der Waals surface area contributed by atoms with Gasteiger partial charge in [0.1, 0.15) is 0 Å². The molecular formula is C14H23FN2. The fourth-order valence-corrected chi connectivity index (χ4v) is 1.78. The monoisotopic (exact) mass is 238 g/mol. The number of alkyl halides is 1. The van der Waals surface area contributed by atoms with Gasteiger partial charge >= 0.3 is 0 Å². The van der Waals surface area contributed by atoms with Crippen molar-refractivity contribution in [3.05, 3.63) is 29.3 Å². The summed E-state index contributed by atoms with van der Waals surface area (Å²) in [5, 5.41) is 3.35. The quantitative estimate of drug-likeness (QED) is 0.748. The molecule has 2 nitrogen and oxygen atoms in total. The zero-order chi connectivity index (χ0) is 12.8. The first-order valence-corrected chi connectivity index (χ1v) is 6.18. The maximum atomic E-state index is 12.3. The van der Waals surface area contributed by atoms with Crippen molar-refractivity contribution in [2.45, 2.75) is 33.2 Å². The molecule has 0 amide bonds. The van der Waals surface area contributed by atoms with E-state index in [1.54, 1.807) is 0 Å². The lowest BCUT2D eigenvalue weighted by Gasteiger charge is -2.17. The molecule has 3 heteroatoms. The Labute approximate surface area is 103 Å². The van der Waals surface area contributed by atoms with E-state index >= 15 is 0 Å². The van der Waals surface area contributed by atoms with Crippen molar-refractivity contribution < 1.29 is 4.39 Å². The van der Waals surface area contributed by atoms with E-state index in [1.807, 2.05) is 26.0 Å². The average molecular weight is 238 g/mol. The fraction of sp³-hybridized carbons (Fsp3) is 0.571. The summed E-state index contributed by atoms with van der Waals surface area (Å²) in [6.07, 6.45) is 0.926. The molecule has 1 aromatic carbocycles. The van der Waals surface area contributed by atoms with Gasteiger partial charge in [-0.2, -0.15) is 0 Å². The summed E-state index contributed by atoms with van der Waals surface area (Å²) in [5.41, 5.74) is 9.12. The number of halogens is 1. The first-order chi connectivity index (χ1) is 8.04. The van der Waals surface area contributed by atoms with Crippen molar-refractivity contribution in [2.75, 3.05) is 19.0 Å². The van der Waals surface area contributed by atoms with Crippen molar-refractivity contribution in [3.63, 3.8) is 0 Å². The molecule has 3 N–H and O–H groups in total. The van der Waals surface area contributed by atoms with Gasteiger partial charge in [-0.05, 0) is 43.4 Å². The first-order valence-electron chi connectivity index (χ1n) is 6.18. The summed E-state index contributed by atoms with van der Waals surface area (Å²) in [5.74, 6) is 0.0828. The molecule has 96 valence electrons. The standard InChI is InChI=1S/C14H23FN2/c1-10(8-15)9-17-11(2)7-13-5-4-6-14(16)12(13)3/h4-6,10-11,17H,7-9,16H2,1-3H3/t10?,11-/m1/s1. The topological polar surface area (TPSA) is 38.0 Å². The SMILES string of the molecule is Cc1c(N)cccc1C[C@@H](C)NCC(C)CF. The number of rotatable bonds is 6. The molecule has 0 aromatic heterocycles. The second kappa shape index (κ2) is 6.60. The van der Waals surface area contributed by atoms with Gasteiger partial charge in [-0.15, -0.1) is 0 Å². The van der Waals surface area contributed by atoms with Crippen LogP contribution >= 0.6 is 0 Å². The maximum absolute atomic E-state index is 12.3. The van der Waals surface area contributed by atoms with Crippen LogP contribution in [-0.4, -0.2) is 19.3 Å². The lowest BCUT2D eigenvalue weighted by atomic mass is 10.0. The molecule has 0 aliphatic carbocycles. The Morgan fingerprint density at radius 2 is 2.06 bits per heavy atom. The van der Waals surface area contributed by atoms with Gasteiger partial charge in [0.05, 0.1) is 6.67 Å². The largest absolute Gasteiger partial charge is 0.399 e. The third kappa shape index (κ3) is 4.35. The van der Waals surface area contributed by atoms with Gasteiger partial charge in [-0.1, -0.05) is 19.1 Å². The third-order valence-electron chi connectivity index (χ3n) is 3.09. The number of nitrogens with one attached hydrogen (secondary N) is 1. The molecule has 2 atom stereocenters. The highest BCUT2D eigenvalue weighted by atomic mass is 19.1. The van der Waals surface area contributed by atoms with Crippen LogP contribution < -0.4 is 11.1 Å². The van der Waals surface area contributed by atoms with E-state index in [0.717, 1.165) is 24.2 Å². The molecule has 17 heavy (non-hydrogen) atoms. The van der Waals surface area contributed by atoms with E-state index in [2.05, 4.69) is 18.3 Å². The van der Waals surface area contributed by atoms with Gasteiger partial charge in [0.25, 0.3) is 0 Å². The predicted molar refractivity (Wildman–Crippen MR) is 71.9 cm³/mol. The Hall–Kier alpha value is -1.09. The molecule has 0 spiro atoms. The van der Waals surface area contributed by atoms with Gasteiger partial charge < -0.3 is 11.1 Å². The highest BCUT2D eigenvalue weighted by Gasteiger charge is 2.08. The van der Waals surface area contributed by atoms with Gasteiger partial charge in [0.2, 0.25) is 0 Å². The average Bonchev–Trinajstić information content (AvgIpc) is 2.32. The summed E-state index contributed by atoms with van der Waals surface area (Å²) in [4.78, 5) is 0. The zero-order valence-electron chi connectivity index (χ0n) is 11.0. The predicted octanol–water partition coefficient (Wildman–Crippen LogP) is 2.70. The Kier molecular flexibility index (Phi) is 5.42. The second-order valence-corrected chi connectivity index (χ2v) is 4.90. The Balaban J connectivity index is 2.50. The summed E-state index contributed by atoms with van der Waals surface area (Å²) in [6, 6.07) is 6.34. The van der Waals surface area contributed by atoms with Crippen LogP contribution in [0.4, 0.5) is 10.1 Å². The van der Waals surface area contributed by atoms with Crippen molar-refractivity contribution in [1.82, 2.24) is 5.32 Å². The highest BCUT2D eigenvalue weighted by molar-refractivity contribution is 5.50. The third-order valence-corrected chi connectivity index (χ3v) is 3.09. The zero-order valence-corrected chi connectivity index (χ0v) is 11.0. The lowest BCUT2D eigenvalue weighted by molar-refractivity contribution is 0.355. The van der Waals surface area contributed by atoms with E-state index in [4.69, 9.17) is 5.73 Å². The van der Waals surface area contributed by atoms with E-state index in [9.17, 15) is 4.39 Å². The molecule has 1 aromatic rings. The van der Waals surface area contributed by atoms with Crippen LogP contribution in [0, 0.1) is 12.8 Å². The van der Waals surface area contributed by atoms with Crippen LogP contribution in [0.2, 0.25) is 0 Å². The number of hydrogen-bond donors (Lipinski definition) is 2. The summed E-state index contributed by atoms with van der Waals surface area (Å²) < 4.78 is 12.3. The normalized spacial score (nSPS) is 14.6. The summed E-state index contributed by atoms with van der Waals surface area (Å²) in [6.45, 7) is 6.52. The minimum Gasteiger partial charge on any atom is -0.399 e. The number of nitrogen functional groups attached to an aromatic ring is 1. The van der Waals surface area contributed by atoms with Crippen LogP contribution in [0.1, 0.15) is 25.0 Å². The van der Waals surface area contributed by atoms with Gasteiger partial charge in [-0.3, -0.25) is 4.39 Å². The molecule has 0 radical (unpaired) electrons. The molecule has 0 fully saturated rings. The first kappa shape index (κ1) is 14.0. The molecule has 0 aliphatic rings. The molecule has 0 bridgehead atoms. The number of anilines is 1. The molecule has 1 rings (SSSR count). The fourth-order valence-electron chi connectivity index (χ4n) is 1.78. The minimum atomic E-state index is -0.267. The Morgan fingerprint density at radius 3 is 2.71 bits per heavy atom. The van der Waals surface area contributed by atoms with Gasteiger partial charge in [0, 0.05) is 18.3 Å². The van der Waals surface area contributed by atoms with E-state index in [-0.39, 0.29) is 12.6 Å². The van der Waals surface area contributed by atoms with Crippen molar-refractivity contribution in [2.24, 2.45) is 5.92 Å². The van der Waals surface area contributed by atoms with Crippen LogP contribution in [0.3, 0.4) is 0 Å². The van der Waals surface area contributed by atoms with Crippen molar-refractivity contribution in [3.8, 4) is 0 Å². The van der Waals surface area contributed by atoms with E-state index in [1.165, 1.54) is 5.56 Å². The lowest BCUT2D eigenvalue weighted by Crippen LogP contribution is -2.32. The smallest absolute Gasteiger partial charge is 0.0932 e. The molecule has 0 heterocycles. The number of nitrogens with two attached hydrogens (primary N) is 1.